The molecular formula is C12H19N3O4. The summed E-state index contributed by atoms with van der Waals surface area (Å²) in [4.78, 5) is 35.9. The fourth-order valence-electron chi connectivity index (χ4n) is 2.66. The van der Waals surface area contributed by atoms with E-state index in [-0.39, 0.29) is 24.5 Å². The fraction of sp³-hybridized carbons (Fsp3) is 0.750. The van der Waals surface area contributed by atoms with Gasteiger partial charge >= 0.3 is 12.0 Å². The van der Waals surface area contributed by atoms with Gasteiger partial charge in [-0.1, -0.05) is 6.42 Å². The summed E-state index contributed by atoms with van der Waals surface area (Å²) in [5.41, 5.74) is 0. The zero-order valence-corrected chi connectivity index (χ0v) is 10.7. The Morgan fingerprint density at radius 3 is 2.84 bits per heavy atom. The third kappa shape index (κ3) is 3.36. The second kappa shape index (κ2) is 5.90. The van der Waals surface area contributed by atoms with Crippen molar-refractivity contribution in [3.05, 3.63) is 0 Å². The zero-order valence-electron chi connectivity index (χ0n) is 10.7. The lowest BCUT2D eigenvalue weighted by atomic mass is 10.0. The number of carboxylic acid groups (broad SMARTS) is 1. The molecule has 7 heteroatoms. The first-order valence-corrected chi connectivity index (χ1v) is 6.63. The SMILES string of the molecule is O=C1CN(C(=O)NC2CCCC2C(=O)O)CCCN1. The summed E-state index contributed by atoms with van der Waals surface area (Å²) in [6, 6.07) is -0.661. The highest BCUT2D eigenvalue weighted by Crippen LogP contribution is 2.25. The number of carbonyl (C=O) groups excluding carboxylic acids is 2. The van der Waals surface area contributed by atoms with E-state index in [1.165, 1.54) is 4.90 Å². The minimum absolute atomic E-state index is 0.0380. The van der Waals surface area contributed by atoms with Crippen LogP contribution in [-0.2, 0) is 9.59 Å². The normalized spacial score (nSPS) is 27.6. The number of amides is 3. The number of carbonyl (C=O) groups is 3. The van der Waals surface area contributed by atoms with E-state index in [4.69, 9.17) is 5.11 Å². The standard InChI is InChI=1S/C12H19N3O4/c16-10-7-15(6-2-5-13-10)12(19)14-9-4-1-3-8(9)11(17)18/h8-9H,1-7H2,(H,13,16)(H,14,19)(H,17,18). The highest BCUT2D eigenvalue weighted by molar-refractivity contribution is 5.84. The van der Waals surface area contributed by atoms with Crippen LogP contribution in [0, 0.1) is 5.92 Å². The molecule has 0 radical (unpaired) electrons. The summed E-state index contributed by atoms with van der Waals surface area (Å²) in [6.45, 7) is 1.12. The molecule has 1 aliphatic carbocycles. The second-order valence-electron chi connectivity index (χ2n) is 5.06. The Labute approximate surface area is 111 Å². The molecule has 3 N–H and O–H groups in total. The number of aliphatic carboxylic acids is 1. The minimum atomic E-state index is -0.864. The monoisotopic (exact) mass is 269 g/mol. The molecule has 0 bridgehead atoms. The van der Waals surface area contributed by atoms with Crippen LogP contribution in [-0.4, -0.2) is 53.6 Å². The predicted octanol–water partition coefficient (Wildman–Crippen LogP) is -0.229. The van der Waals surface area contributed by atoms with Crippen LogP contribution in [0.3, 0.4) is 0 Å². The van der Waals surface area contributed by atoms with Gasteiger partial charge in [0.25, 0.3) is 0 Å². The molecule has 0 aromatic heterocycles. The molecule has 0 aromatic rings. The smallest absolute Gasteiger partial charge is 0.318 e. The average molecular weight is 269 g/mol. The van der Waals surface area contributed by atoms with Crippen molar-refractivity contribution in [2.75, 3.05) is 19.6 Å². The number of urea groups is 1. The topological polar surface area (TPSA) is 98.7 Å². The van der Waals surface area contributed by atoms with Gasteiger partial charge in [0.2, 0.25) is 5.91 Å². The third-order valence-electron chi connectivity index (χ3n) is 3.69. The Hall–Kier alpha value is -1.79. The van der Waals surface area contributed by atoms with Gasteiger partial charge in [-0.05, 0) is 19.3 Å². The first-order chi connectivity index (χ1) is 9.08. The van der Waals surface area contributed by atoms with Gasteiger partial charge in [-0.25, -0.2) is 4.79 Å². The van der Waals surface area contributed by atoms with Crippen LogP contribution in [0.1, 0.15) is 25.7 Å². The maximum atomic E-state index is 12.1. The summed E-state index contributed by atoms with van der Waals surface area (Å²) in [5.74, 6) is -1.55. The fourth-order valence-corrected chi connectivity index (χ4v) is 2.66. The molecule has 1 heterocycles. The summed E-state index contributed by atoms with van der Waals surface area (Å²) in [6.07, 6.45) is 2.80. The highest BCUT2D eigenvalue weighted by Gasteiger charge is 2.35. The van der Waals surface area contributed by atoms with E-state index in [0.29, 0.717) is 32.4 Å². The zero-order chi connectivity index (χ0) is 13.8. The first kappa shape index (κ1) is 13.6. The van der Waals surface area contributed by atoms with Crippen LogP contribution in [0.25, 0.3) is 0 Å². The Balaban J connectivity index is 1.92. The van der Waals surface area contributed by atoms with Gasteiger partial charge in [0, 0.05) is 19.1 Å². The quantitative estimate of drug-likeness (QED) is 0.645. The molecule has 19 heavy (non-hydrogen) atoms. The van der Waals surface area contributed by atoms with Crippen LogP contribution in [0.2, 0.25) is 0 Å². The van der Waals surface area contributed by atoms with Gasteiger partial charge in [0.05, 0.1) is 5.92 Å². The van der Waals surface area contributed by atoms with Gasteiger partial charge in [0.15, 0.2) is 0 Å². The maximum absolute atomic E-state index is 12.1. The van der Waals surface area contributed by atoms with Gasteiger partial charge < -0.3 is 20.6 Å². The molecule has 3 amide bonds. The molecule has 1 aliphatic heterocycles. The van der Waals surface area contributed by atoms with Crippen molar-refractivity contribution in [3.63, 3.8) is 0 Å². The highest BCUT2D eigenvalue weighted by atomic mass is 16.4. The molecule has 2 fully saturated rings. The molecule has 1 saturated heterocycles. The van der Waals surface area contributed by atoms with Crippen molar-refractivity contribution >= 4 is 17.9 Å². The molecule has 0 aromatic carbocycles. The summed E-state index contributed by atoms with van der Waals surface area (Å²) in [5, 5.41) is 14.5. The lowest BCUT2D eigenvalue weighted by molar-refractivity contribution is -0.142. The van der Waals surface area contributed by atoms with Crippen LogP contribution in [0.5, 0.6) is 0 Å². The van der Waals surface area contributed by atoms with Crippen LogP contribution >= 0.6 is 0 Å². The van der Waals surface area contributed by atoms with Gasteiger partial charge in [-0.2, -0.15) is 0 Å². The van der Waals surface area contributed by atoms with E-state index in [1.54, 1.807) is 0 Å². The summed E-state index contributed by atoms with van der Waals surface area (Å²) in [7, 11) is 0. The Kier molecular flexibility index (Phi) is 4.24. The van der Waals surface area contributed by atoms with Crippen molar-refractivity contribution in [1.29, 1.82) is 0 Å². The van der Waals surface area contributed by atoms with Crippen LogP contribution in [0.4, 0.5) is 4.79 Å². The summed E-state index contributed by atoms with van der Waals surface area (Å²) >= 11 is 0. The molecule has 2 atom stereocenters. The Bertz CT molecular complexity index is 385. The number of hydrogen-bond donors (Lipinski definition) is 3. The number of carboxylic acids is 1. The number of nitrogens with zero attached hydrogens (tertiary/aromatic N) is 1. The molecule has 2 aliphatic rings. The molecule has 7 nitrogen and oxygen atoms in total. The van der Waals surface area contributed by atoms with E-state index >= 15 is 0 Å². The minimum Gasteiger partial charge on any atom is -0.481 e. The first-order valence-electron chi connectivity index (χ1n) is 6.63. The largest absolute Gasteiger partial charge is 0.481 e. The van der Waals surface area contributed by atoms with Gasteiger partial charge in [-0.3, -0.25) is 9.59 Å². The maximum Gasteiger partial charge on any atom is 0.318 e. The van der Waals surface area contributed by atoms with Crippen molar-refractivity contribution in [1.82, 2.24) is 15.5 Å². The van der Waals surface area contributed by atoms with Crippen molar-refractivity contribution in [3.8, 4) is 0 Å². The molecule has 106 valence electrons. The number of rotatable bonds is 2. The number of hydrogen-bond acceptors (Lipinski definition) is 3. The van der Waals surface area contributed by atoms with Crippen LogP contribution in [0.15, 0.2) is 0 Å². The van der Waals surface area contributed by atoms with E-state index in [0.717, 1.165) is 6.42 Å². The predicted molar refractivity (Wildman–Crippen MR) is 66.5 cm³/mol. The number of nitrogens with one attached hydrogen (secondary N) is 2. The van der Waals surface area contributed by atoms with Crippen molar-refractivity contribution in [2.24, 2.45) is 5.92 Å². The van der Waals surface area contributed by atoms with Crippen molar-refractivity contribution in [2.45, 2.75) is 31.7 Å². The molecule has 2 rings (SSSR count). The van der Waals surface area contributed by atoms with E-state index in [1.807, 2.05) is 0 Å². The Morgan fingerprint density at radius 2 is 2.11 bits per heavy atom. The van der Waals surface area contributed by atoms with Crippen LogP contribution < -0.4 is 10.6 Å². The molecule has 0 spiro atoms. The Morgan fingerprint density at radius 1 is 1.32 bits per heavy atom. The van der Waals surface area contributed by atoms with Crippen molar-refractivity contribution < 1.29 is 19.5 Å². The van der Waals surface area contributed by atoms with Gasteiger partial charge in [0.1, 0.15) is 6.54 Å². The lowest BCUT2D eigenvalue weighted by Crippen LogP contribution is -2.49. The summed E-state index contributed by atoms with van der Waals surface area (Å²) < 4.78 is 0. The molecule has 1 saturated carbocycles. The van der Waals surface area contributed by atoms with E-state index < -0.39 is 11.9 Å². The van der Waals surface area contributed by atoms with Gasteiger partial charge in [-0.15, -0.1) is 0 Å². The van der Waals surface area contributed by atoms with E-state index in [2.05, 4.69) is 10.6 Å². The van der Waals surface area contributed by atoms with E-state index in [9.17, 15) is 14.4 Å². The average Bonchev–Trinajstić information content (AvgIpc) is 2.70. The lowest BCUT2D eigenvalue weighted by Gasteiger charge is -2.24. The molecular weight excluding hydrogens is 250 g/mol. The third-order valence-corrected chi connectivity index (χ3v) is 3.69. The second-order valence-corrected chi connectivity index (χ2v) is 5.06. The molecule has 2 unspecified atom stereocenters.